The highest BCUT2D eigenvalue weighted by Crippen LogP contribution is 2.23. The first-order valence-electron chi connectivity index (χ1n) is 12.1. The van der Waals surface area contributed by atoms with Gasteiger partial charge in [0.1, 0.15) is 24.2 Å². The molecule has 0 heterocycles. The molecule has 0 aliphatic heterocycles. The van der Waals surface area contributed by atoms with Crippen molar-refractivity contribution in [1.29, 1.82) is 0 Å². The molecule has 202 valence electrons. The topological polar surface area (TPSA) is 86.8 Å². The molecular weight excluding hydrogens is 512 g/mol. The molecule has 0 saturated heterocycles. The van der Waals surface area contributed by atoms with Crippen LogP contribution in [0.2, 0.25) is 0 Å². The molecular formula is C28H31F2N3O4S. The predicted molar refractivity (Wildman–Crippen MR) is 143 cm³/mol. The van der Waals surface area contributed by atoms with E-state index in [4.69, 9.17) is 0 Å². The van der Waals surface area contributed by atoms with E-state index in [1.807, 2.05) is 6.07 Å². The Balaban J connectivity index is 2.08. The second kappa shape index (κ2) is 12.6. The molecule has 0 spiro atoms. The quantitative estimate of drug-likeness (QED) is 0.398. The van der Waals surface area contributed by atoms with Crippen molar-refractivity contribution < 1.29 is 26.8 Å². The van der Waals surface area contributed by atoms with E-state index < -0.39 is 46.1 Å². The zero-order valence-electron chi connectivity index (χ0n) is 21.5. The summed E-state index contributed by atoms with van der Waals surface area (Å²) in [4.78, 5) is 28.4. The third kappa shape index (κ3) is 7.61. The Bertz CT molecular complexity index is 1370. The summed E-state index contributed by atoms with van der Waals surface area (Å²) in [6, 6.07) is 18.6. The number of anilines is 1. The van der Waals surface area contributed by atoms with Gasteiger partial charge in [0.15, 0.2) is 0 Å². The molecule has 1 unspecified atom stereocenters. The van der Waals surface area contributed by atoms with E-state index in [0.29, 0.717) is 4.31 Å². The fourth-order valence-corrected chi connectivity index (χ4v) is 4.84. The van der Waals surface area contributed by atoms with Gasteiger partial charge in [0, 0.05) is 24.6 Å². The highest BCUT2D eigenvalue weighted by Gasteiger charge is 2.34. The lowest BCUT2D eigenvalue weighted by molar-refractivity contribution is -0.140. The van der Waals surface area contributed by atoms with Crippen LogP contribution in [-0.4, -0.2) is 50.0 Å². The Labute approximate surface area is 222 Å². The maximum atomic E-state index is 14.7. The van der Waals surface area contributed by atoms with Crippen molar-refractivity contribution in [1.82, 2.24) is 10.2 Å². The van der Waals surface area contributed by atoms with Gasteiger partial charge < -0.3 is 10.2 Å². The number of hydrogen-bond donors (Lipinski definition) is 1. The zero-order chi connectivity index (χ0) is 27.9. The number of nitrogens with zero attached hydrogens (tertiary/aromatic N) is 2. The molecule has 38 heavy (non-hydrogen) atoms. The van der Waals surface area contributed by atoms with Crippen LogP contribution in [0.25, 0.3) is 0 Å². The van der Waals surface area contributed by atoms with E-state index in [9.17, 15) is 26.8 Å². The third-order valence-electron chi connectivity index (χ3n) is 5.80. The number of hydrogen-bond acceptors (Lipinski definition) is 4. The first kappa shape index (κ1) is 28.8. The van der Waals surface area contributed by atoms with E-state index in [0.717, 1.165) is 22.8 Å². The van der Waals surface area contributed by atoms with E-state index in [1.54, 1.807) is 44.2 Å². The lowest BCUT2D eigenvalue weighted by Gasteiger charge is -2.34. The van der Waals surface area contributed by atoms with Gasteiger partial charge in [0.25, 0.3) is 0 Å². The number of carbonyl (C=O) groups excluding carboxylic acids is 2. The lowest BCUT2D eigenvalue weighted by Crippen LogP contribution is -2.54. The molecule has 3 aromatic rings. The minimum absolute atomic E-state index is 0.0954. The molecule has 7 nitrogen and oxygen atoms in total. The first-order valence-corrected chi connectivity index (χ1v) is 13.9. The first-order chi connectivity index (χ1) is 18.0. The molecule has 0 bridgehead atoms. The fourth-order valence-electron chi connectivity index (χ4n) is 3.99. The number of benzene rings is 3. The van der Waals surface area contributed by atoms with Crippen LogP contribution in [0.15, 0.2) is 78.9 Å². The average molecular weight is 544 g/mol. The smallest absolute Gasteiger partial charge is 0.244 e. The summed E-state index contributed by atoms with van der Waals surface area (Å²) in [6.07, 6.45) is 0.957. The maximum absolute atomic E-state index is 14.7. The van der Waals surface area contributed by atoms with Crippen LogP contribution >= 0.6 is 0 Å². The second-order valence-corrected chi connectivity index (χ2v) is 11.1. The molecule has 0 saturated carbocycles. The summed E-state index contributed by atoms with van der Waals surface area (Å²) >= 11 is 0. The summed E-state index contributed by atoms with van der Waals surface area (Å²) in [5.41, 5.74) is 0.588. The van der Waals surface area contributed by atoms with E-state index >= 15 is 0 Å². The molecule has 3 rings (SSSR count). The Hall–Kier alpha value is -3.79. The number of nitrogens with one attached hydrogen (secondary N) is 1. The Morgan fingerprint density at radius 1 is 0.868 bits per heavy atom. The highest BCUT2D eigenvalue weighted by molar-refractivity contribution is 7.92. The van der Waals surface area contributed by atoms with Gasteiger partial charge in [-0.2, -0.15) is 0 Å². The van der Waals surface area contributed by atoms with Gasteiger partial charge >= 0.3 is 0 Å². The van der Waals surface area contributed by atoms with Crippen LogP contribution in [0, 0.1) is 11.6 Å². The highest BCUT2D eigenvalue weighted by atomic mass is 32.2. The van der Waals surface area contributed by atoms with Crippen molar-refractivity contribution in [3.63, 3.8) is 0 Å². The SMILES string of the molecule is CC(C)NC(=O)C(Cc1ccccc1)N(Cc1ccccc1F)C(=O)CN(c1ccccc1F)S(C)(=O)=O. The van der Waals surface area contributed by atoms with Crippen LogP contribution in [-0.2, 0) is 32.6 Å². The van der Waals surface area contributed by atoms with E-state index in [2.05, 4.69) is 5.32 Å². The van der Waals surface area contributed by atoms with Crippen molar-refractivity contribution in [2.45, 2.75) is 38.9 Å². The molecule has 3 aromatic carbocycles. The lowest BCUT2D eigenvalue weighted by atomic mass is 10.0. The molecule has 1 atom stereocenters. The van der Waals surface area contributed by atoms with Crippen LogP contribution in [0.5, 0.6) is 0 Å². The van der Waals surface area contributed by atoms with Gasteiger partial charge in [-0.3, -0.25) is 13.9 Å². The van der Waals surface area contributed by atoms with Crippen LogP contribution in [0.4, 0.5) is 14.5 Å². The standard InChI is InChI=1S/C28H31F2N3O4S/c1-20(2)31-28(35)26(17-21-11-5-4-6-12-21)32(18-22-13-7-8-14-23(22)29)27(34)19-33(38(3,36)37)25-16-10-9-15-24(25)30/h4-16,20,26H,17-19H2,1-3H3,(H,31,35). The van der Waals surface area contributed by atoms with Crippen molar-refractivity contribution in [3.05, 3.63) is 102 Å². The Morgan fingerprint density at radius 3 is 2.03 bits per heavy atom. The van der Waals surface area contributed by atoms with Gasteiger partial charge in [0.2, 0.25) is 21.8 Å². The zero-order valence-corrected chi connectivity index (χ0v) is 22.3. The molecule has 0 radical (unpaired) electrons. The van der Waals surface area contributed by atoms with Gasteiger partial charge in [-0.05, 0) is 37.6 Å². The minimum atomic E-state index is -4.10. The summed E-state index contributed by atoms with van der Waals surface area (Å²) in [6.45, 7) is 2.45. The molecule has 1 N–H and O–H groups in total. The average Bonchev–Trinajstić information content (AvgIpc) is 2.85. The maximum Gasteiger partial charge on any atom is 0.244 e. The summed E-state index contributed by atoms with van der Waals surface area (Å²) < 4.78 is 55.2. The molecule has 10 heteroatoms. The monoisotopic (exact) mass is 543 g/mol. The summed E-state index contributed by atoms with van der Waals surface area (Å²) in [7, 11) is -4.10. The van der Waals surface area contributed by atoms with E-state index in [1.165, 1.54) is 36.4 Å². The number of rotatable bonds is 11. The number of carbonyl (C=O) groups is 2. The predicted octanol–water partition coefficient (Wildman–Crippen LogP) is 3.90. The van der Waals surface area contributed by atoms with Crippen molar-refractivity contribution in [2.24, 2.45) is 0 Å². The van der Waals surface area contributed by atoms with Gasteiger partial charge in [-0.25, -0.2) is 17.2 Å². The van der Waals surface area contributed by atoms with Gasteiger partial charge in [-0.1, -0.05) is 60.7 Å². The fraction of sp³-hybridized carbons (Fsp3) is 0.286. The second-order valence-electron chi connectivity index (χ2n) is 9.20. The molecule has 0 fully saturated rings. The number of para-hydroxylation sites is 1. The molecule has 0 aromatic heterocycles. The molecule has 2 amide bonds. The minimum Gasteiger partial charge on any atom is -0.352 e. The Kier molecular flexibility index (Phi) is 9.57. The molecule has 0 aliphatic rings. The summed E-state index contributed by atoms with van der Waals surface area (Å²) in [5.74, 6) is -2.68. The molecule has 0 aliphatic carbocycles. The van der Waals surface area contributed by atoms with Crippen molar-refractivity contribution in [2.75, 3.05) is 17.1 Å². The number of amides is 2. The van der Waals surface area contributed by atoms with Gasteiger partial charge in [-0.15, -0.1) is 0 Å². The van der Waals surface area contributed by atoms with Crippen LogP contribution in [0.1, 0.15) is 25.0 Å². The van der Waals surface area contributed by atoms with Crippen molar-refractivity contribution in [3.8, 4) is 0 Å². The van der Waals surface area contributed by atoms with Crippen LogP contribution < -0.4 is 9.62 Å². The number of sulfonamides is 1. The van der Waals surface area contributed by atoms with E-state index in [-0.39, 0.29) is 30.3 Å². The largest absolute Gasteiger partial charge is 0.352 e. The van der Waals surface area contributed by atoms with Crippen LogP contribution in [0.3, 0.4) is 0 Å². The third-order valence-corrected chi connectivity index (χ3v) is 6.93. The normalized spacial score (nSPS) is 12.2. The summed E-state index contributed by atoms with van der Waals surface area (Å²) in [5, 5.41) is 2.80. The Morgan fingerprint density at radius 2 is 1.45 bits per heavy atom. The number of halogens is 2. The van der Waals surface area contributed by atoms with Gasteiger partial charge in [0.05, 0.1) is 11.9 Å². The van der Waals surface area contributed by atoms with Crippen molar-refractivity contribution >= 4 is 27.5 Å².